The highest BCUT2D eigenvalue weighted by atomic mass is 15.1. The van der Waals surface area contributed by atoms with Gasteiger partial charge in [-0.1, -0.05) is 173 Å². The van der Waals surface area contributed by atoms with Crippen LogP contribution in [-0.2, 0) is 6.42 Å². The Labute approximate surface area is 243 Å². The summed E-state index contributed by atoms with van der Waals surface area (Å²) < 4.78 is 2.50. The lowest BCUT2D eigenvalue weighted by Crippen LogP contribution is -2.42. The molecule has 39 heavy (non-hydrogen) atoms. The first-order chi connectivity index (χ1) is 19.3. The lowest BCUT2D eigenvalue weighted by Gasteiger charge is -2.25. The van der Waals surface area contributed by atoms with E-state index in [0.717, 1.165) is 0 Å². The minimum atomic E-state index is 0.605. The fourth-order valence-electron chi connectivity index (χ4n) is 6.39. The van der Waals surface area contributed by atoms with Gasteiger partial charge in [-0.05, 0) is 31.2 Å². The quantitative estimate of drug-likeness (QED) is 0.0863. The van der Waals surface area contributed by atoms with Gasteiger partial charge in [0.1, 0.15) is 18.4 Å². The molecule has 0 aliphatic rings. The van der Waals surface area contributed by atoms with Gasteiger partial charge < -0.3 is 0 Å². The van der Waals surface area contributed by atoms with Crippen molar-refractivity contribution in [2.24, 2.45) is 5.92 Å². The van der Waals surface area contributed by atoms with Crippen LogP contribution in [0.25, 0.3) is 0 Å². The topological polar surface area (TPSA) is 19.7 Å². The van der Waals surface area contributed by atoms with E-state index in [1.807, 2.05) is 0 Å². The second kappa shape index (κ2) is 24.2. The maximum absolute atomic E-state index is 3.34. The number of aromatic nitrogens is 2. The van der Waals surface area contributed by atoms with Crippen LogP contribution in [0, 0.1) is 5.92 Å². The van der Waals surface area contributed by atoms with Gasteiger partial charge in [0.2, 0.25) is 6.33 Å². The molecular formula is C37H65N2+. The third kappa shape index (κ3) is 17.0. The minimum Gasteiger partial charge on any atom is -0.250 e. The van der Waals surface area contributed by atoms with E-state index in [1.54, 1.807) is 0 Å². The number of aromatic amines is 1. The molecule has 0 saturated carbocycles. The monoisotopic (exact) mass is 538 g/mol. The fraction of sp³-hybridized carbons (Fsp3) is 0.757. The average Bonchev–Trinajstić information content (AvgIpc) is 3.49. The Morgan fingerprint density at radius 1 is 0.564 bits per heavy atom. The molecule has 2 aromatic rings. The Balaban J connectivity index is 1.74. The van der Waals surface area contributed by atoms with Crippen molar-refractivity contribution < 1.29 is 4.57 Å². The molecule has 2 unspecified atom stereocenters. The van der Waals surface area contributed by atoms with Crippen molar-refractivity contribution >= 4 is 0 Å². The van der Waals surface area contributed by atoms with Crippen LogP contribution in [0.15, 0.2) is 49.1 Å². The van der Waals surface area contributed by atoms with Crippen LogP contribution in [-0.4, -0.2) is 4.98 Å². The van der Waals surface area contributed by atoms with Crippen LogP contribution in [0.5, 0.6) is 0 Å². The molecule has 1 heterocycles. The standard InChI is InChI=1S/C37H64N2/c1-3-5-7-9-11-13-14-15-16-17-18-20-25-29-36(33-35-27-23-22-24-28-35)37(39-32-31-38-34-39)30-26-21-19-12-10-8-6-4-2/h22-24,27-28,31-32,34,36-37H,3-21,25-26,29-30,33H2,1-2H3/p+1. The van der Waals surface area contributed by atoms with E-state index >= 15 is 0 Å². The van der Waals surface area contributed by atoms with Crippen molar-refractivity contribution in [1.29, 1.82) is 0 Å². The Morgan fingerprint density at radius 2 is 1.03 bits per heavy atom. The second-order valence-electron chi connectivity index (χ2n) is 12.4. The normalized spacial score (nSPS) is 13.1. The number of hydrogen-bond acceptors (Lipinski definition) is 0. The molecule has 1 aromatic carbocycles. The van der Waals surface area contributed by atoms with Crippen molar-refractivity contribution in [3.8, 4) is 0 Å². The summed E-state index contributed by atoms with van der Waals surface area (Å²) in [5, 5.41) is 0. The summed E-state index contributed by atoms with van der Waals surface area (Å²) in [6, 6.07) is 11.9. The highest BCUT2D eigenvalue weighted by Gasteiger charge is 2.26. The van der Waals surface area contributed by atoms with Crippen LogP contribution in [0.2, 0.25) is 0 Å². The highest BCUT2D eigenvalue weighted by molar-refractivity contribution is 5.15. The average molecular weight is 538 g/mol. The van der Waals surface area contributed by atoms with Gasteiger partial charge >= 0.3 is 0 Å². The molecule has 2 rings (SSSR count). The largest absolute Gasteiger partial charge is 0.250 e. The van der Waals surface area contributed by atoms with Gasteiger partial charge in [-0.15, -0.1) is 0 Å². The molecule has 1 N–H and O–H groups in total. The molecule has 2 nitrogen and oxygen atoms in total. The molecule has 0 amide bonds. The van der Waals surface area contributed by atoms with Gasteiger partial charge in [-0.25, -0.2) is 4.57 Å². The van der Waals surface area contributed by atoms with Crippen LogP contribution >= 0.6 is 0 Å². The van der Waals surface area contributed by atoms with E-state index in [0.29, 0.717) is 12.0 Å². The summed E-state index contributed by atoms with van der Waals surface area (Å²) in [5.41, 5.74) is 1.51. The Morgan fingerprint density at radius 3 is 1.49 bits per heavy atom. The molecular weight excluding hydrogens is 472 g/mol. The summed E-state index contributed by atoms with van der Waals surface area (Å²) in [6.45, 7) is 4.61. The van der Waals surface area contributed by atoms with E-state index in [2.05, 4.69) is 72.5 Å². The van der Waals surface area contributed by atoms with E-state index in [4.69, 9.17) is 0 Å². The smallest absolute Gasteiger partial charge is 0.241 e. The zero-order valence-corrected chi connectivity index (χ0v) is 26.2. The number of unbranched alkanes of at least 4 members (excludes halogenated alkanes) is 19. The summed E-state index contributed by atoms with van der Waals surface area (Å²) >= 11 is 0. The van der Waals surface area contributed by atoms with Crippen LogP contribution in [0.4, 0.5) is 0 Å². The predicted octanol–water partition coefficient (Wildman–Crippen LogP) is 11.7. The number of benzene rings is 1. The lowest BCUT2D eigenvalue weighted by atomic mass is 9.84. The van der Waals surface area contributed by atoms with Gasteiger partial charge in [-0.3, -0.25) is 4.98 Å². The van der Waals surface area contributed by atoms with E-state index in [-0.39, 0.29) is 0 Å². The van der Waals surface area contributed by atoms with Gasteiger partial charge in [0, 0.05) is 5.92 Å². The first kappa shape index (κ1) is 33.6. The number of H-pyrrole nitrogens is 1. The molecule has 1 aromatic heterocycles. The van der Waals surface area contributed by atoms with E-state index in [1.165, 1.54) is 160 Å². The van der Waals surface area contributed by atoms with Crippen molar-refractivity contribution in [2.75, 3.05) is 0 Å². The maximum Gasteiger partial charge on any atom is 0.241 e. The van der Waals surface area contributed by atoms with Crippen LogP contribution in [0.3, 0.4) is 0 Å². The van der Waals surface area contributed by atoms with E-state index in [9.17, 15) is 0 Å². The molecule has 2 heteroatoms. The molecule has 0 bridgehead atoms. The molecule has 0 saturated heterocycles. The number of nitrogens with zero attached hydrogens (tertiary/aromatic N) is 1. The van der Waals surface area contributed by atoms with Gasteiger partial charge in [0.15, 0.2) is 0 Å². The Hall–Kier alpha value is -1.57. The first-order valence-corrected chi connectivity index (χ1v) is 17.4. The summed E-state index contributed by atoms with van der Waals surface area (Å²) in [4.78, 5) is 3.34. The third-order valence-electron chi connectivity index (χ3n) is 8.87. The summed E-state index contributed by atoms with van der Waals surface area (Å²) in [6.07, 6.45) is 40.3. The zero-order valence-electron chi connectivity index (χ0n) is 26.2. The van der Waals surface area contributed by atoms with Crippen molar-refractivity contribution in [1.82, 2.24) is 4.98 Å². The highest BCUT2D eigenvalue weighted by Crippen LogP contribution is 2.29. The minimum absolute atomic E-state index is 0.605. The Bertz CT molecular complexity index is 738. The first-order valence-electron chi connectivity index (χ1n) is 17.4. The molecule has 0 fully saturated rings. The van der Waals surface area contributed by atoms with Crippen LogP contribution in [0.1, 0.15) is 173 Å². The van der Waals surface area contributed by atoms with Gasteiger partial charge in [0.25, 0.3) is 0 Å². The molecule has 0 radical (unpaired) electrons. The lowest BCUT2D eigenvalue weighted by molar-refractivity contribution is -0.730. The van der Waals surface area contributed by atoms with Crippen molar-refractivity contribution in [3.63, 3.8) is 0 Å². The van der Waals surface area contributed by atoms with Crippen LogP contribution < -0.4 is 4.57 Å². The number of imidazole rings is 1. The van der Waals surface area contributed by atoms with Gasteiger partial charge in [-0.2, -0.15) is 0 Å². The van der Waals surface area contributed by atoms with Crippen molar-refractivity contribution in [3.05, 3.63) is 54.6 Å². The Kier molecular flexibility index (Phi) is 20.9. The summed E-state index contributed by atoms with van der Waals surface area (Å²) in [5.74, 6) is 0.713. The molecule has 0 spiro atoms. The second-order valence-corrected chi connectivity index (χ2v) is 12.4. The summed E-state index contributed by atoms with van der Waals surface area (Å²) in [7, 11) is 0. The number of hydrogen-bond donors (Lipinski definition) is 1. The number of rotatable bonds is 27. The molecule has 0 aliphatic carbocycles. The fourth-order valence-corrected chi connectivity index (χ4v) is 6.39. The third-order valence-corrected chi connectivity index (χ3v) is 8.87. The van der Waals surface area contributed by atoms with E-state index < -0.39 is 0 Å². The van der Waals surface area contributed by atoms with Gasteiger partial charge in [0.05, 0.1) is 0 Å². The zero-order chi connectivity index (χ0) is 27.6. The van der Waals surface area contributed by atoms with Crippen molar-refractivity contribution in [2.45, 2.75) is 174 Å². The molecule has 2 atom stereocenters. The maximum atomic E-state index is 3.34. The SMILES string of the molecule is CCCCCCCCCCCCCCCC(Cc1ccccc1)C(CCCCCCCCCC)[n+]1cc[nH]c1. The number of nitrogens with one attached hydrogen (secondary N) is 1. The predicted molar refractivity (Wildman–Crippen MR) is 171 cm³/mol. The molecule has 222 valence electrons. The molecule has 0 aliphatic heterocycles.